The van der Waals surface area contributed by atoms with Crippen molar-refractivity contribution in [2.24, 2.45) is 0 Å². The molecule has 1 heterocycles. The Kier molecular flexibility index (Phi) is 7.77. The molecule has 1 aliphatic heterocycles. The molecule has 1 N–H and O–H groups in total. The predicted molar refractivity (Wildman–Crippen MR) is 107 cm³/mol. The molecule has 6 nitrogen and oxygen atoms in total. The van der Waals surface area contributed by atoms with Gasteiger partial charge >= 0.3 is 6.09 Å². The summed E-state index contributed by atoms with van der Waals surface area (Å²) in [7, 11) is 3.67. The lowest BCUT2D eigenvalue weighted by atomic mass is 10.0. The van der Waals surface area contributed by atoms with E-state index in [0.29, 0.717) is 36.0 Å². The van der Waals surface area contributed by atoms with E-state index in [1.165, 1.54) is 0 Å². The summed E-state index contributed by atoms with van der Waals surface area (Å²) in [6.45, 7) is 4.78. The smallest absolute Gasteiger partial charge is 0.410 e. The summed E-state index contributed by atoms with van der Waals surface area (Å²) in [5, 5.41) is 4.08. The molecule has 8 heteroatoms. The number of nitrogens with zero attached hydrogens (tertiary/aromatic N) is 2. The molecule has 0 spiro atoms. The van der Waals surface area contributed by atoms with Gasteiger partial charge in [0.25, 0.3) is 0 Å². The molecule has 0 radical (unpaired) electrons. The second-order valence-electron chi connectivity index (χ2n) is 7.27. The van der Waals surface area contributed by atoms with Crippen LogP contribution in [0.4, 0.5) is 4.79 Å². The number of benzene rings is 1. The Morgan fingerprint density at radius 3 is 2.19 bits per heavy atom. The van der Waals surface area contributed by atoms with E-state index in [1.807, 2.05) is 32.8 Å². The summed E-state index contributed by atoms with van der Waals surface area (Å²) in [5.41, 5.74) is 0.743. The quantitative estimate of drug-likeness (QED) is 0.795. The maximum Gasteiger partial charge on any atom is 0.410 e. The summed E-state index contributed by atoms with van der Waals surface area (Å²) in [6.07, 6.45) is 0.944. The van der Waals surface area contributed by atoms with Crippen LogP contribution in [-0.4, -0.2) is 61.1 Å². The van der Waals surface area contributed by atoms with Gasteiger partial charge in [0.15, 0.2) is 0 Å². The number of halogens is 2. The average Bonchev–Trinajstić information content (AvgIpc) is 2.53. The Balaban J connectivity index is 1.98. The number of rotatable bonds is 5. The van der Waals surface area contributed by atoms with Gasteiger partial charge in [-0.15, -0.1) is 0 Å². The Bertz CT molecular complexity index is 654. The van der Waals surface area contributed by atoms with E-state index in [1.54, 1.807) is 23.1 Å². The van der Waals surface area contributed by atoms with Crippen LogP contribution in [0.1, 0.15) is 38.3 Å². The fourth-order valence-electron chi connectivity index (χ4n) is 3.18. The van der Waals surface area contributed by atoms with Gasteiger partial charge in [-0.2, -0.15) is 0 Å². The lowest BCUT2D eigenvalue weighted by molar-refractivity contribution is -0.126. The highest BCUT2D eigenvalue weighted by molar-refractivity contribution is 6.34. The van der Waals surface area contributed by atoms with Gasteiger partial charge in [-0.05, 0) is 64.5 Å². The molecule has 1 atom stereocenters. The molecule has 1 saturated heterocycles. The van der Waals surface area contributed by atoms with Crippen LogP contribution in [0.2, 0.25) is 10.0 Å². The maximum absolute atomic E-state index is 12.9. The van der Waals surface area contributed by atoms with Crippen LogP contribution >= 0.6 is 23.2 Å². The van der Waals surface area contributed by atoms with Crippen LogP contribution in [0.3, 0.4) is 0 Å². The number of carbonyl (C=O) groups excluding carboxylic acids is 2. The first-order chi connectivity index (χ1) is 12.7. The lowest BCUT2D eigenvalue weighted by Crippen LogP contribution is -2.49. The van der Waals surface area contributed by atoms with E-state index in [9.17, 15) is 9.59 Å². The van der Waals surface area contributed by atoms with Gasteiger partial charge in [-0.1, -0.05) is 23.2 Å². The highest BCUT2D eigenvalue weighted by atomic mass is 35.5. The number of carbonyl (C=O) groups is 2. The minimum atomic E-state index is -0.495. The van der Waals surface area contributed by atoms with Crippen molar-refractivity contribution in [3.8, 4) is 0 Å². The molecule has 0 bridgehead atoms. The van der Waals surface area contributed by atoms with Crippen molar-refractivity contribution in [2.75, 3.05) is 27.2 Å². The molecule has 0 aliphatic carbocycles. The number of amides is 2. The van der Waals surface area contributed by atoms with Gasteiger partial charge in [0.05, 0.1) is 6.10 Å². The van der Waals surface area contributed by atoms with E-state index in [-0.39, 0.29) is 24.1 Å². The van der Waals surface area contributed by atoms with Crippen LogP contribution in [0.5, 0.6) is 0 Å². The van der Waals surface area contributed by atoms with Crippen molar-refractivity contribution in [1.29, 1.82) is 0 Å². The van der Waals surface area contributed by atoms with Gasteiger partial charge in [-0.25, -0.2) is 4.79 Å². The van der Waals surface area contributed by atoms with Gasteiger partial charge in [0.2, 0.25) is 5.91 Å². The SMILES string of the molecule is CC(C)OC(=O)N1CCC(NC(=O)[C@@H](c2cc(Cl)cc(Cl)c2)N(C)C)CC1. The first kappa shape index (κ1) is 21.8. The molecular weight excluding hydrogens is 389 g/mol. The summed E-state index contributed by atoms with van der Waals surface area (Å²) >= 11 is 12.2. The van der Waals surface area contributed by atoms with Crippen molar-refractivity contribution >= 4 is 35.2 Å². The van der Waals surface area contributed by atoms with Gasteiger partial charge < -0.3 is 15.0 Å². The summed E-state index contributed by atoms with van der Waals surface area (Å²) in [5.74, 6) is -0.110. The molecular formula is C19H27Cl2N3O3. The molecule has 0 saturated carbocycles. The number of hydrogen-bond acceptors (Lipinski definition) is 4. The van der Waals surface area contributed by atoms with Gasteiger partial charge in [-0.3, -0.25) is 9.69 Å². The lowest BCUT2D eigenvalue weighted by Gasteiger charge is -2.33. The summed E-state index contributed by atoms with van der Waals surface area (Å²) in [4.78, 5) is 28.4. The van der Waals surface area contributed by atoms with Crippen molar-refractivity contribution < 1.29 is 14.3 Å². The van der Waals surface area contributed by atoms with Gasteiger partial charge in [0.1, 0.15) is 6.04 Å². The van der Waals surface area contributed by atoms with Crippen LogP contribution in [0.25, 0.3) is 0 Å². The molecule has 150 valence electrons. The standard InChI is InChI=1S/C19H27Cl2N3O3/c1-12(2)27-19(26)24-7-5-16(6-8-24)22-18(25)17(23(3)4)13-9-14(20)11-15(21)10-13/h9-12,16-17H,5-8H2,1-4H3,(H,22,25)/t17-/m1/s1. The normalized spacial score (nSPS) is 16.5. The molecule has 0 unspecified atom stereocenters. The Morgan fingerprint density at radius 2 is 1.70 bits per heavy atom. The molecule has 2 amide bonds. The average molecular weight is 416 g/mol. The highest BCUT2D eigenvalue weighted by Crippen LogP contribution is 2.27. The minimum absolute atomic E-state index is 0.0118. The molecule has 1 fully saturated rings. The number of likely N-dealkylation sites (N-methyl/N-ethyl adjacent to an activating group) is 1. The van der Waals surface area contributed by atoms with E-state index >= 15 is 0 Å². The zero-order valence-electron chi connectivity index (χ0n) is 16.2. The molecule has 1 aromatic carbocycles. The number of nitrogens with one attached hydrogen (secondary N) is 1. The van der Waals surface area contributed by atoms with E-state index in [0.717, 1.165) is 5.56 Å². The Labute approximate surface area is 170 Å². The third kappa shape index (κ3) is 6.26. The van der Waals surface area contributed by atoms with E-state index in [2.05, 4.69) is 5.32 Å². The van der Waals surface area contributed by atoms with Crippen LogP contribution in [0, 0.1) is 0 Å². The second kappa shape index (κ2) is 9.62. The van der Waals surface area contributed by atoms with Gasteiger partial charge in [0, 0.05) is 29.2 Å². The largest absolute Gasteiger partial charge is 0.447 e. The third-order valence-electron chi connectivity index (χ3n) is 4.40. The predicted octanol–water partition coefficient (Wildman–Crippen LogP) is 3.72. The first-order valence-corrected chi connectivity index (χ1v) is 9.81. The number of ether oxygens (including phenoxy) is 1. The molecule has 27 heavy (non-hydrogen) atoms. The maximum atomic E-state index is 12.9. The summed E-state index contributed by atoms with van der Waals surface area (Å²) in [6, 6.07) is 4.66. The van der Waals surface area contributed by atoms with E-state index < -0.39 is 6.04 Å². The van der Waals surface area contributed by atoms with Crippen LogP contribution < -0.4 is 5.32 Å². The van der Waals surface area contributed by atoms with Crippen molar-refractivity contribution in [1.82, 2.24) is 15.1 Å². The number of hydrogen-bond donors (Lipinski definition) is 1. The molecule has 0 aromatic heterocycles. The van der Waals surface area contributed by atoms with Crippen molar-refractivity contribution in [3.05, 3.63) is 33.8 Å². The van der Waals surface area contributed by atoms with Crippen molar-refractivity contribution in [2.45, 2.75) is 44.9 Å². The molecule has 1 aliphatic rings. The topological polar surface area (TPSA) is 61.9 Å². The number of piperidine rings is 1. The van der Waals surface area contributed by atoms with Crippen LogP contribution in [-0.2, 0) is 9.53 Å². The first-order valence-electron chi connectivity index (χ1n) is 9.05. The number of likely N-dealkylation sites (tertiary alicyclic amines) is 1. The zero-order valence-corrected chi connectivity index (χ0v) is 17.7. The third-order valence-corrected chi connectivity index (χ3v) is 4.84. The molecule has 1 aromatic rings. The summed E-state index contributed by atoms with van der Waals surface area (Å²) < 4.78 is 5.22. The fourth-order valence-corrected chi connectivity index (χ4v) is 3.72. The second-order valence-corrected chi connectivity index (χ2v) is 8.14. The highest BCUT2D eigenvalue weighted by Gasteiger charge is 2.29. The fraction of sp³-hybridized carbons (Fsp3) is 0.579. The Morgan fingerprint density at radius 1 is 1.15 bits per heavy atom. The van der Waals surface area contributed by atoms with Crippen molar-refractivity contribution in [3.63, 3.8) is 0 Å². The molecule has 2 rings (SSSR count). The Hall–Kier alpha value is -1.50. The monoisotopic (exact) mass is 415 g/mol. The minimum Gasteiger partial charge on any atom is -0.447 e. The van der Waals surface area contributed by atoms with Crippen LogP contribution in [0.15, 0.2) is 18.2 Å². The van der Waals surface area contributed by atoms with E-state index in [4.69, 9.17) is 27.9 Å². The zero-order chi connectivity index (χ0) is 20.1.